The number of imidazole rings is 1. The maximum Gasteiger partial charge on any atom is 0.265 e. The maximum atomic E-state index is 12.4. The van der Waals surface area contributed by atoms with Crippen molar-refractivity contribution in [1.29, 1.82) is 0 Å². The van der Waals surface area contributed by atoms with Crippen LogP contribution in [-0.2, 0) is 6.42 Å². The zero-order valence-corrected chi connectivity index (χ0v) is 14.1. The molecule has 1 N–H and O–H groups in total. The molecule has 0 aliphatic carbocycles. The number of amides is 1. The van der Waals surface area contributed by atoms with Gasteiger partial charge in [0.25, 0.3) is 5.91 Å². The molecular weight excluding hydrogens is 306 g/mol. The van der Waals surface area contributed by atoms with Crippen LogP contribution in [0.2, 0.25) is 0 Å². The van der Waals surface area contributed by atoms with Gasteiger partial charge in [-0.15, -0.1) is 11.3 Å². The minimum absolute atomic E-state index is 0.0455. The molecule has 0 fully saturated rings. The molecule has 0 saturated carbocycles. The van der Waals surface area contributed by atoms with Crippen LogP contribution in [0.15, 0.2) is 49.1 Å². The molecule has 0 aliphatic heterocycles. The van der Waals surface area contributed by atoms with Gasteiger partial charge in [0.2, 0.25) is 0 Å². The second-order valence-electron chi connectivity index (χ2n) is 5.41. The van der Waals surface area contributed by atoms with E-state index in [-0.39, 0.29) is 5.91 Å². The Morgan fingerprint density at radius 3 is 2.74 bits per heavy atom. The number of benzene rings is 1. The lowest BCUT2D eigenvalue weighted by Crippen LogP contribution is -2.10. The molecule has 3 aromatic rings. The first-order valence-corrected chi connectivity index (χ1v) is 8.48. The lowest BCUT2D eigenvalue weighted by atomic mass is 10.1. The molecule has 3 rings (SSSR count). The Balaban J connectivity index is 1.71. The summed E-state index contributed by atoms with van der Waals surface area (Å²) in [5.74, 6) is -0.0455. The third-order valence-electron chi connectivity index (χ3n) is 3.69. The first kappa shape index (κ1) is 15.5. The fraction of sp³-hybridized carbons (Fsp3) is 0.222. The van der Waals surface area contributed by atoms with Gasteiger partial charge in [0.1, 0.15) is 0 Å². The Hall–Kier alpha value is -2.40. The summed E-state index contributed by atoms with van der Waals surface area (Å²) in [7, 11) is 0. The summed E-state index contributed by atoms with van der Waals surface area (Å²) < 4.78 is 1.92. The molecule has 23 heavy (non-hydrogen) atoms. The van der Waals surface area contributed by atoms with Gasteiger partial charge in [-0.05, 0) is 49.2 Å². The summed E-state index contributed by atoms with van der Waals surface area (Å²) in [6, 6.07) is 9.74. The molecule has 0 radical (unpaired) electrons. The van der Waals surface area contributed by atoms with Crippen LogP contribution < -0.4 is 5.32 Å². The summed E-state index contributed by atoms with van der Waals surface area (Å²) in [4.78, 5) is 18.4. The highest BCUT2D eigenvalue weighted by Gasteiger charge is 2.12. The van der Waals surface area contributed by atoms with Crippen molar-refractivity contribution in [2.45, 2.75) is 26.7 Å². The van der Waals surface area contributed by atoms with Gasteiger partial charge in [-0.1, -0.05) is 13.3 Å². The smallest absolute Gasteiger partial charge is 0.265 e. The Morgan fingerprint density at radius 2 is 2.09 bits per heavy atom. The van der Waals surface area contributed by atoms with E-state index in [0.717, 1.165) is 29.1 Å². The summed E-state index contributed by atoms with van der Waals surface area (Å²) in [5, 5.41) is 2.96. The molecule has 4 nitrogen and oxygen atoms in total. The van der Waals surface area contributed by atoms with E-state index < -0.39 is 0 Å². The number of carbonyl (C=O) groups is 1. The molecule has 0 unspecified atom stereocenters. The first-order chi connectivity index (χ1) is 11.2. The Labute approximate surface area is 139 Å². The molecule has 0 atom stereocenters. The Kier molecular flexibility index (Phi) is 4.57. The topological polar surface area (TPSA) is 46.9 Å². The van der Waals surface area contributed by atoms with Crippen LogP contribution in [-0.4, -0.2) is 15.5 Å². The molecule has 2 heterocycles. The fourth-order valence-corrected chi connectivity index (χ4v) is 3.44. The van der Waals surface area contributed by atoms with Crippen LogP contribution in [0.5, 0.6) is 0 Å². The average molecular weight is 325 g/mol. The van der Waals surface area contributed by atoms with Gasteiger partial charge >= 0.3 is 0 Å². The van der Waals surface area contributed by atoms with Crippen molar-refractivity contribution in [3.63, 3.8) is 0 Å². The van der Waals surface area contributed by atoms with E-state index in [0.29, 0.717) is 0 Å². The summed E-state index contributed by atoms with van der Waals surface area (Å²) >= 11 is 1.56. The highest BCUT2D eigenvalue weighted by atomic mass is 32.1. The van der Waals surface area contributed by atoms with Crippen molar-refractivity contribution >= 4 is 22.9 Å². The van der Waals surface area contributed by atoms with E-state index in [1.54, 1.807) is 23.9 Å². The highest BCUT2D eigenvalue weighted by Crippen LogP contribution is 2.24. The maximum absolute atomic E-state index is 12.4. The number of carbonyl (C=O) groups excluding carboxylic acids is 1. The van der Waals surface area contributed by atoms with E-state index in [9.17, 15) is 4.79 Å². The van der Waals surface area contributed by atoms with Gasteiger partial charge in [-0.2, -0.15) is 0 Å². The van der Waals surface area contributed by atoms with Crippen molar-refractivity contribution in [3.8, 4) is 5.69 Å². The molecule has 2 aromatic heterocycles. The Morgan fingerprint density at radius 1 is 1.30 bits per heavy atom. The van der Waals surface area contributed by atoms with E-state index >= 15 is 0 Å². The van der Waals surface area contributed by atoms with Crippen LogP contribution in [0.3, 0.4) is 0 Å². The van der Waals surface area contributed by atoms with E-state index in [4.69, 9.17) is 0 Å². The standard InChI is InChI=1S/C18H19N3OS/c1-3-4-14-11-17(23-13(14)2)18(22)20-15-5-7-16(8-6-15)21-10-9-19-12-21/h5-12H,3-4H2,1-2H3,(H,20,22). The summed E-state index contributed by atoms with van der Waals surface area (Å²) in [6.45, 7) is 4.23. The molecule has 5 heteroatoms. The number of nitrogens with zero attached hydrogens (tertiary/aromatic N) is 2. The Bertz CT molecular complexity index is 788. The van der Waals surface area contributed by atoms with E-state index in [2.05, 4.69) is 24.1 Å². The van der Waals surface area contributed by atoms with Gasteiger partial charge in [0, 0.05) is 28.6 Å². The second kappa shape index (κ2) is 6.79. The second-order valence-corrected chi connectivity index (χ2v) is 6.67. The molecule has 0 spiro atoms. The van der Waals surface area contributed by atoms with Gasteiger partial charge in [0.15, 0.2) is 0 Å². The zero-order chi connectivity index (χ0) is 16.2. The number of hydrogen-bond acceptors (Lipinski definition) is 3. The van der Waals surface area contributed by atoms with Crippen LogP contribution in [0, 0.1) is 6.92 Å². The molecular formula is C18H19N3OS. The van der Waals surface area contributed by atoms with Crippen LogP contribution in [0.25, 0.3) is 5.69 Å². The number of rotatable bonds is 5. The predicted octanol–water partition coefficient (Wildman–Crippen LogP) is 4.45. The number of aromatic nitrogens is 2. The van der Waals surface area contributed by atoms with Crippen molar-refractivity contribution in [3.05, 3.63) is 64.4 Å². The van der Waals surface area contributed by atoms with Crippen molar-refractivity contribution in [1.82, 2.24) is 9.55 Å². The van der Waals surface area contributed by atoms with E-state index in [1.807, 2.05) is 41.1 Å². The highest BCUT2D eigenvalue weighted by molar-refractivity contribution is 7.14. The number of anilines is 1. The lowest BCUT2D eigenvalue weighted by Gasteiger charge is -2.06. The van der Waals surface area contributed by atoms with E-state index in [1.165, 1.54) is 10.4 Å². The molecule has 0 bridgehead atoms. The minimum Gasteiger partial charge on any atom is -0.321 e. The van der Waals surface area contributed by atoms with Crippen molar-refractivity contribution < 1.29 is 4.79 Å². The van der Waals surface area contributed by atoms with Gasteiger partial charge < -0.3 is 9.88 Å². The van der Waals surface area contributed by atoms with Crippen LogP contribution in [0.4, 0.5) is 5.69 Å². The predicted molar refractivity (Wildman–Crippen MR) is 94.6 cm³/mol. The van der Waals surface area contributed by atoms with Crippen molar-refractivity contribution in [2.75, 3.05) is 5.32 Å². The van der Waals surface area contributed by atoms with Crippen LogP contribution in [0.1, 0.15) is 33.5 Å². The third kappa shape index (κ3) is 3.51. The monoisotopic (exact) mass is 325 g/mol. The number of aryl methyl sites for hydroxylation is 2. The summed E-state index contributed by atoms with van der Waals surface area (Å²) in [5.41, 5.74) is 3.08. The molecule has 1 aromatic carbocycles. The molecule has 1 amide bonds. The largest absolute Gasteiger partial charge is 0.321 e. The van der Waals surface area contributed by atoms with Gasteiger partial charge in [-0.3, -0.25) is 4.79 Å². The molecule has 0 aliphatic rings. The van der Waals surface area contributed by atoms with Crippen molar-refractivity contribution in [2.24, 2.45) is 0 Å². The quantitative estimate of drug-likeness (QED) is 0.753. The number of hydrogen-bond donors (Lipinski definition) is 1. The number of thiophene rings is 1. The first-order valence-electron chi connectivity index (χ1n) is 7.66. The number of nitrogens with one attached hydrogen (secondary N) is 1. The third-order valence-corrected chi connectivity index (χ3v) is 4.78. The fourth-order valence-electron chi connectivity index (χ4n) is 2.47. The molecule has 0 saturated heterocycles. The van der Waals surface area contributed by atoms with Crippen LogP contribution >= 0.6 is 11.3 Å². The average Bonchev–Trinajstić information content (AvgIpc) is 3.19. The minimum atomic E-state index is -0.0455. The lowest BCUT2D eigenvalue weighted by molar-refractivity contribution is 0.103. The molecule has 118 valence electrons. The SMILES string of the molecule is CCCc1cc(C(=O)Nc2ccc(-n3ccnc3)cc2)sc1C. The van der Waals surface area contributed by atoms with Gasteiger partial charge in [-0.25, -0.2) is 4.98 Å². The normalized spacial score (nSPS) is 10.7. The summed E-state index contributed by atoms with van der Waals surface area (Å²) in [6.07, 6.45) is 7.49. The zero-order valence-electron chi connectivity index (χ0n) is 13.2. The van der Waals surface area contributed by atoms with Gasteiger partial charge in [0.05, 0.1) is 11.2 Å².